The van der Waals surface area contributed by atoms with E-state index in [9.17, 15) is 0 Å². The van der Waals surface area contributed by atoms with E-state index in [1.165, 1.54) is 4.90 Å². The molecule has 0 aliphatic rings. The fourth-order valence-electron chi connectivity index (χ4n) is 1.27. The number of hydrogen-bond donors (Lipinski definition) is 1. The first-order chi connectivity index (χ1) is 6.33. The molecule has 0 spiro atoms. The van der Waals surface area contributed by atoms with Gasteiger partial charge < -0.3 is 14.5 Å². The van der Waals surface area contributed by atoms with E-state index in [-0.39, 0.29) is 0 Å². The number of nitrogens with one attached hydrogen (secondary N) is 1. The molecule has 4 heteroatoms. The largest absolute Gasteiger partial charge is 0.407 e. The summed E-state index contributed by atoms with van der Waals surface area (Å²) in [6.07, 6.45) is 10.7. The van der Waals surface area contributed by atoms with Crippen molar-refractivity contribution in [3.63, 3.8) is 0 Å². The van der Waals surface area contributed by atoms with Crippen molar-refractivity contribution < 1.29 is 0 Å². The predicted octanol–water partition coefficient (Wildman–Crippen LogP) is 1.94. The zero-order chi connectivity index (χ0) is 9.26. The number of thioether (sulfide) groups is 1. The number of aromatic nitrogens is 3. The average molecular weight is 192 g/mol. The monoisotopic (exact) mass is 192 g/mol. The van der Waals surface area contributed by atoms with Crippen molar-refractivity contribution in [2.24, 2.45) is 7.05 Å². The van der Waals surface area contributed by atoms with Crippen molar-refractivity contribution in [1.29, 1.82) is 0 Å². The van der Waals surface area contributed by atoms with Gasteiger partial charge in [0.05, 0.1) is 0 Å². The fraction of sp³-hybridized carbons (Fsp3) is 0.222. The van der Waals surface area contributed by atoms with Crippen molar-refractivity contribution in [3.05, 3.63) is 24.9 Å². The summed E-state index contributed by atoms with van der Waals surface area (Å²) >= 11 is 1.72. The van der Waals surface area contributed by atoms with Gasteiger partial charge in [0.2, 0.25) is 0 Å². The van der Waals surface area contributed by atoms with E-state index in [1.54, 1.807) is 18.1 Å². The minimum Gasteiger partial charge on any atom is -0.407 e. The minimum atomic E-state index is 1.02. The molecule has 0 saturated carbocycles. The van der Waals surface area contributed by atoms with Gasteiger partial charge in [0, 0.05) is 6.20 Å². The summed E-state index contributed by atoms with van der Waals surface area (Å²) in [7, 11) is 1.97. The van der Waals surface area contributed by atoms with Gasteiger partial charge in [-0.15, -0.1) is 11.8 Å². The molecule has 0 bridgehead atoms. The summed E-state index contributed by atoms with van der Waals surface area (Å²) in [6.45, 7) is 0. The predicted molar refractivity (Wildman–Crippen MR) is 53.6 cm³/mol. The fourth-order valence-corrected chi connectivity index (χ4v) is 1.83. The lowest BCUT2D eigenvalue weighted by Gasteiger charge is -2.09. The zero-order valence-corrected chi connectivity index (χ0v) is 8.35. The second-order valence-electron chi connectivity index (χ2n) is 2.75. The Morgan fingerprint density at radius 1 is 1.54 bits per heavy atom. The Morgan fingerprint density at radius 2 is 2.38 bits per heavy atom. The molecule has 1 N–H and O–H groups in total. The highest BCUT2D eigenvalue weighted by Gasteiger charge is 1.99. The lowest BCUT2D eigenvalue weighted by Crippen LogP contribution is -1.88. The maximum atomic E-state index is 3.97. The highest BCUT2D eigenvalue weighted by atomic mass is 32.2. The van der Waals surface area contributed by atoms with E-state index in [2.05, 4.69) is 22.4 Å². The van der Waals surface area contributed by atoms with Crippen LogP contribution in [0, 0.1) is 6.20 Å². The molecule has 0 radical (unpaired) electrons. The molecule has 0 fully saturated rings. The van der Waals surface area contributed by atoms with Gasteiger partial charge in [0.15, 0.2) is 0 Å². The van der Waals surface area contributed by atoms with Crippen molar-refractivity contribution in [3.8, 4) is 11.3 Å². The standard InChI is InChI=1S/C9H10N3S/c1-12-6-11-4-8(12)7-3-10-5-9(7)13-2/h3,5-6,10H,1-2H3/q-1. The number of aryl methyl sites for hydroxylation is 1. The summed E-state index contributed by atoms with van der Waals surface area (Å²) < 4.78 is 1.96. The van der Waals surface area contributed by atoms with Crippen molar-refractivity contribution in [1.82, 2.24) is 14.5 Å². The van der Waals surface area contributed by atoms with Crippen LogP contribution in [0.4, 0.5) is 0 Å². The maximum absolute atomic E-state index is 3.97. The molecule has 2 rings (SSSR count). The summed E-state index contributed by atoms with van der Waals surface area (Å²) in [4.78, 5) is 8.27. The molecule has 0 unspecified atom stereocenters. The van der Waals surface area contributed by atoms with Crippen LogP contribution in [0.25, 0.3) is 11.3 Å². The average Bonchev–Trinajstić information content (AvgIpc) is 2.71. The summed E-state index contributed by atoms with van der Waals surface area (Å²) in [6, 6.07) is 0. The molecular weight excluding hydrogens is 182 g/mol. The Bertz CT molecular complexity index is 402. The number of imidazole rings is 1. The third-order valence-electron chi connectivity index (χ3n) is 1.94. The molecule has 2 aromatic heterocycles. The molecule has 2 heterocycles. The zero-order valence-electron chi connectivity index (χ0n) is 7.53. The third-order valence-corrected chi connectivity index (χ3v) is 2.71. The molecule has 0 aliphatic heterocycles. The topological polar surface area (TPSA) is 33.6 Å². The Labute approximate surface area is 81.2 Å². The van der Waals surface area contributed by atoms with Gasteiger partial charge in [-0.25, -0.2) is 0 Å². The smallest absolute Gasteiger partial charge is 0.00153 e. The normalized spacial score (nSPS) is 10.6. The van der Waals surface area contributed by atoms with Gasteiger partial charge in [-0.3, -0.25) is 0 Å². The van der Waals surface area contributed by atoms with Gasteiger partial charge >= 0.3 is 0 Å². The van der Waals surface area contributed by atoms with Gasteiger partial charge in [-0.1, -0.05) is 17.5 Å². The molecule has 0 atom stereocenters. The summed E-state index contributed by atoms with van der Waals surface area (Å²) in [5.41, 5.74) is 2.18. The lowest BCUT2D eigenvalue weighted by atomic mass is 10.2. The Hall–Kier alpha value is -1.16. The van der Waals surface area contributed by atoms with Gasteiger partial charge in [-0.05, 0) is 30.7 Å². The van der Waals surface area contributed by atoms with Crippen molar-refractivity contribution >= 4 is 11.8 Å². The minimum absolute atomic E-state index is 1.02. The quantitative estimate of drug-likeness (QED) is 0.582. The number of H-pyrrole nitrogens is 1. The first-order valence-electron chi connectivity index (χ1n) is 3.93. The maximum Gasteiger partial charge on any atom is 0.00153 e. The Kier molecular flexibility index (Phi) is 2.14. The Morgan fingerprint density at radius 3 is 3.00 bits per heavy atom. The van der Waals surface area contributed by atoms with Crippen LogP contribution >= 0.6 is 11.8 Å². The van der Waals surface area contributed by atoms with Gasteiger partial charge in [0.25, 0.3) is 0 Å². The van der Waals surface area contributed by atoms with Gasteiger partial charge in [-0.2, -0.15) is 0 Å². The molecule has 0 amide bonds. The van der Waals surface area contributed by atoms with Crippen LogP contribution in [0.1, 0.15) is 0 Å². The van der Waals surface area contributed by atoms with Crippen LogP contribution in [0.15, 0.2) is 23.6 Å². The van der Waals surface area contributed by atoms with E-state index in [0.29, 0.717) is 0 Å². The molecule has 3 nitrogen and oxygen atoms in total. The van der Waals surface area contributed by atoms with Crippen molar-refractivity contribution in [2.75, 3.05) is 6.26 Å². The van der Waals surface area contributed by atoms with Crippen LogP contribution < -0.4 is 0 Å². The number of hydrogen-bond acceptors (Lipinski definition) is 2. The highest BCUT2D eigenvalue weighted by Crippen LogP contribution is 2.28. The molecule has 0 aromatic carbocycles. The van der Waals surface area contributed by atoms with Crippen LogP contribution in [0.2, 0.25) is 0 Å². The van der Waals surface area contributed by atoms with E-state index >= 15 is 0 Å². The molecule has 0 aliphatic carbocycles. The highest BCUT2D eigenvalue weighted by molar-refractivity contribution is 7.98. The second-order valence-corrected chi connectivity index (χ2v) is 3.60. The van der Waals surface area contributed by atoms with Crippen LogP contribution in [-0.2, 0) is 7.05 Å². The van der Waals surface area contributed by atoms with Crippen LogP contribution in [0.3, 0.4) is 0 Å². The first-order valence-corrected chi connectivity index (χ1v) is 5.15. The summed E-state index contributed by atoms with van der Waals surface area (Å²) in [5.74, 6) is 0. The van der Waals surface area contributed by atoms with E-state index in [0.717, 1.165) is 11.3 Å². The van der Waals surface area contributed by atoms with E-state index in [4.69, 9.17) is 0 Å². The third kappa shape index (κ3) is 1.37. The molecule has 13 heavy (non-hydrogen) atoms. The molecular formula is C9H10N3S-. The van der Waals surface area contributed by atoms with Gasteiger partial charge in [0.1, 0.15) is 0 Å². The van der Waals surface area contributed by atoms with E-state index < -0.39 is 0 Å². The second kappa shape index (κ2) is 3.30. The van der Waals surface area contributed by atoms with Crippen molar-refractivity contribution in [2.45, 2.75) is 4.90 Å². The van der Waals surface area contributed by atoms with Crippen LogP contribution in [-0.4, -0.2) is 20.8 Å². The summed E-state index contributed by atoms with van der Waals surface area (Å²) in [5, 5.41) is 0. The molecule has 0 saturated heterocycles. The number of rotatable bonds is 2. The van der Waals surface area contributed by atoms with E-state index in [1.807, 2.05) is 24.0 Å². The number of nitrogens with zero attached hydrogens (tertiary/aromatic N) is 2. The van der Waals surface area contributed by atoms with Crippen LogP contribution in [0.5, 0.6) is 0 Å². The molecule has 2 aromatic rings. The first kappa shape index (κ1) is 8.44. The Balaban J connectivity index is 2.52. The SMILES string of the molecule is CSc1c[nH]cc1-c1[c-]ncn1C. The number of aromatic amines is 1. The molecule has 68 valence electrons. The lowest BCUT2D eigenvalue weighted by molar-refractivity contribution is 0.919.